The second-order valence-electron chi connectivity index (χ2n) is 4.45. The predicted molar refractivity (Wildman–Crippen MR) is 71.5 cm³/mol. The lowest BCUT2D eigenvalue weighted by Crippen LogP contribution is -2.01. The summed E-state index contributed by atoms with van der Waals surface area (Å²) in [7, 11) is 0. The van der Waals surface area contributed by atoms with Crippen molar-refractivity contribution in [1.82, 2.24) is 4.98 Å². The Balaban J connectivity index is 2.01. The van der Waals surface area contributed by atoms with E-state index in [4.69, 9.17) is 4.74 Å². The second-order valence-corrected chi connectivity index (χ2v) is 5.20. The van der Waals surface area contributed by atoms with Gasteiger partial charge in [-0.25, -0.2) is 9.78 Å². The Labute approximate surface area is 114 Å². The predicted octanol–water partition coefficient (Wildman–Crippen LogP) is 3.61. The highest BCUT2D eigenvalue weighted by Gasteiger charge is 2.31. The molecule has 0 bridgehead atoms. The number of carbonyl (C=O) groups excluding carboxylic acids is 1. The van der Waals surface area contributed by atoms with Crippen molar-refractivity contribution in [2.45, 2.75) is 25.7 Å². The van der Waals surface area contributed by atoms with Gasteiger partial charge < -0.3 is 4.74 Å². The monoisotopic (exact) mass is 305 g/mol. The Kier molecular flexibility index (Phi) is 3.04. The van der Waals surface area contributed by atoms with E-state index in [1.807, 2.05) is 18.2 Å². The van der Waals surface area contributed by atoms with Crippen LogP contribution in [-0.4, -0.2) is 11.0 Å². The zero-order valence-electron chi connectivity index (χ0n) is 9.78. The first-order valence-electron chi connectivity index (χ1n) is 6.02. The van der Waals surface area contributed by atoms with Crippen LogP contribution in [0.15, 0.2) is 39.8 Å². The summed E-state index contributed by atoms with van der Waals surface area (Å²) < 4.78 is 6.13. The van der Waals surface area contributed by atoms with Crippen LogP contribution in [0.25, 0.3) is 6.08 Å². The van der Waals surface area contributed by atoms with Gasteiger partial charge in [-0.15, -0.1) is 0 Å². The van der Waals surface area contributed by atoms with Crippen molar-refractivity contribution in [2.24, 2.45) is 0 Å². The van der Waals surface area contributed by atoms with Crippen LogP contribution in [0.3, 0.4) is 0 Å². The molecule has 1 aliphatic heterocycles. The molecule has 0 fully saturated rings. The summed E-state index contributed by atoms with van der Waals surface area (Å²) >= 11 is 3.39. The van der Waals surface area contributed by atoms with Gasteiger partial charge in [-0.1, -0.05) is 6.07 Å². The highest BCUT2D eigenvalue weighted by atomic mass is 79.9. The first-order chi connectivity index (χ1) is 8.75. The van der Waals surface area contributed by atoms with Crippen LogP contribution in [0, 0.1) is 0 Å². The minimum atomic E-state index is -0.170. The van der Waals surface area contributed by atoms with Gasteiger partial charge in [0.1, 0.15) is 10.4 Å². The minimum absolute atomic E-state index is 0.170. The fraction of sp³-hybridized carbons (Fsp3) is 0.286. The van der Waals surface area contributed by atoms with Gasteiger partial charge >= 0.3 is 5.97 Å². The molecule has 2 heterocycles. The van der Waals surface area contributed by atoms with Gasteiger partial charge in [0.2, 0.25) is 0 Å². The molecule has 0 unspecified atom stereocenters. The van der Waals surface area contributed by atoms with Crippen LogP contribution >= 0.6 is 15.9 Å². The van der Waals surface area contributed by atoms with Crippen molar-refractivity contribution < 1.29 is 9.53 Å². The lowest BCUT2D eigenvalue weighted by molar-refractivity contribution is -0.133. The maximum atomic E-state index is 11.7. The zero-order chi connectivity index (χ0) is 12.5. The molecule has 0 aromatic carbocycles. The number of halogens is 1. The molecule has 2 aliphatic rings. The van der Waals surface area contributed by atoms with Gasteiger partial charge in [0, 0.05) is 22.9 Å². The molecule has 4 heteroatoms. The van der Waals surface area contributed by atoms with E-state index < -0.39 is 0 Å². The number of cyclic esters (lactones) is 1. The van der Waals surface area contributed by atoms with Crippen molar-refractivity contribution in [3.63, 3.8) is 0 Å². The van der Waals surface area contributed by atoms with E-state index in [1.165, 1.54) is 0 Å². The minimum Gasteiger partial charge on any atom is -0.423 e. The summed E-state index contributed by atoms with van der Waals surface area (Å²) in [5.41, 5.74) is 2.88. The standard InChI is InChI=1S/C14H12BrNO2/c15-13-9(4-3-7-16-13)8-12-10-5-1-2-6-11(10)14(17)18-12/h3-4,7-8H,1-2,5-6H2. The Hall–Kier alpha value is -1.42. The number of nitrogens with zero attached hydrogens (tertiary/aromatic N) is 1. The Bertz CT molecular complexity index is 575. The van der Waals surface area contributed by atoms with Crippen molar-refractivity contribution in [3.05, 3.63) is 45.4 Å². The fourth-order valence-electron chi connectivity index (χ4n) is 2.39. The lowest BCUT2D eigenvalue weighted by atomic mass is 9.92. The molecule has 0 N–H and O–H groups in total. The highest BCUT2D eigenvalue weighted by Crippen LogP contribution is 2.38. The average Bonchev–Trinajstić information content (AvgIpc) is 2.70. The van der Waals surface area contributed by atoms with Crippen LogP contribution in [-0.2, 0) is 9.53 Å². The summed E-state index contributed by atoms with van der Waals surface area (Å²) in [5, 5.41) is 0. The Morgan fingerprint density at radius 3 is 2.83 bits per heavy atom. The van der Waals surface area contributed by atoms with E-state index in [9.17, 15) is 4.79 Å². The van der Waals surface area contributed by atoms with Crippen molar-refractivity contribution in [2.75, 3.05) is 0 Å². The molecule has 0 saturated heterocycles. The number of rotatable bonds is 1. The first kappa shape index (κ1) is 11.7. The molecule has 1 aromatic heterocycles. The number of esters is 1. The van der Waals surface area contributed by atoms with Gasteiger partial charge in [0.15, 0.2) is 0 Å². The van der Waals surface area contributed by atoms with Crippen LogP contribution < -0.4 is 0 Å². The topological polar surface area (TPSA) is 39.2 Å². The molecular formula is C14H12BrNO2. The van der Waals surface area contributed by atoms with Crippen LogP contribution in [0.2, 0.25) is 0 Å². The smallest absolute Gasteiger partial charge is 0.339 e. The molecule has 0 saturated carbocycles. The number of hydrogen-bond acceptors (Lipinski definition) is 3. The van der Waals surface area contributed by atoms with E-state index in [1.54, 1.807) is 6.20 Å². The Morgan fingerprint density at radius 1 is 1.28 bits per heavy atom. The van der Waals surface area contributed by atoms with Crippen LogP contribution in [0.4, 0.5) is 0 Å². The van der Waals surface area contributed by atoms with Crippen molar-refractivity contribution in [1.29, 1.82) is 0 Å². The summed E-state index contributed by atoms with van der Waals surface area (Å²) in [6.45, 7) is 0. The largest absolute Gasteiger partial charge is 0.423 e. The molecule has 3 nitrogen and oxygen atoms in total. The van der Waals surface area contributed by atoms with Crippen LogP contribution in [0.1, 0.15) is 31.2 Å². The lowest BCUT2D eigenvalue weighted by Gasteiger charge is -2.10. The van der Waals surface area contributed by atoms with E-state index in [0.717, 1.165) is 47.0 Å². The number of pyridine rings is 1. The SMILES string of the molecule is O=C1OC(=Cc2cccnc2Br)C2=C1CCCC2. The third-order valence-corrected chi connectivity index (χ3v) is 3.95. The van der Waals surface area contributed by atoms with Crippen molar-refractivity contribution in [3.8, 4) is 0 Å². The molecule has 0 radical (unpaired) electrons. The summed E-state index contributed by atoms with van der Waals surface area (Å²) in [5.74, 6) is 0.527. The molecule has 3 rings (SSSR count). The van der Waals surface area contributed by atoms with E-state index in [2.05, 4.69) is 20.9 Å². The van der Waals surface area contributed by atoms with E-state index in [0.29, 0.717) is 5.76 Å². The van der Waals surface area contributed by atoms with E-state index >= 15 is 0 Å². The fourth-order valence-corrected chi connectivity index (χ4v) is 2.75. The normalized spacial score (nSPS) is 21.2. The Morgan fingerprint density at radius 2 is 2.06 bits per heavy atom. The van der Waals surface area contributed by atoms with Gasteiger partial charge in [0.25, 0.3) is 0 Å². The zero-order valence-corrected chi connectivity index (χ0v) is 11.4. The molecule has 0 spiro atoms. The number of ether oxygens (including phenoxy) is 1. The molecule has 92 valence electrons. The summed E-state index contributed by atoms with van der Waals surface area (Å²) in [6, 6.07) is 3.81. The highest BCUT2D eigenvalue weighted by molar-refractivity contribution is 9.10. The molecule has 0 atom stereocenters. The molecule has 1 aliphatic carbocycles. The van der Waals surface area contributed by atoms with Gasteiger partial charge in [0.05, 0.1) is 0 Å². The molecule has 1 aromatic rings. The maximum Gasteiger partial charge on any atom is 0.339 e. The van der Waals surface area contributed by atoms with Crippen LogP contribution in [0.5, 0.6) is 0 Å². The molecule has 18 heavy (non-hydrogen) atoms. The van der Waals surface area contributed by atoms with Crippen molar-refractivity contribution >= 4 is 28.0 Å². The molecular weight excluding hydrogens is 294 g/mol. The summed E-state index contributed by atoms with van der Waals surface area (Å²) in [6.07, 6.45) is 7.60. The number of aromatic nitrogens is 1. The number of allylic oxidation sites excluding steroid dienone is 1. The van der Waals surface area contributed by atoms with E-state index in [-0.39, 0.29) is 5.97 Å². The summed E-state index contributed by atoms with van der Waals surface area (Å²) in [4.78, 5) is 15.9. The maximum absolute atomic E-state index is 11.7. The van der Waals surface area contributed by atoms with Gasteiger partial charge in [-0.05, 0) is 53.8 Å². The first-order valence-corrected chi connectivity index (χ1v) is 6.82. The second kappa shape index (κ2) is 4.69. The average molecular weight is 306 g/mol. The number of hydrogen-bond donors (Lipinski definition) is 0. The molecule has 0 amide bonds. The van der Waals surface area contributed by atoms with Gasteiger partial charge in [-0.2, -0.15) is 0 Å². The van der Waals surface area contributed by atoms with Gasteiger partial charge in [-0.3, -0.25) is 0 Å². The third kappa shape index (κ3) is 2.01. The number of carbonyl (C=O) groups is 1. The third-order valence-electron chi connectivity index (χ3n) is 3.29. The quantitative estimate of drug-likeness (QED) is 0.588.